The Labute approximate surface area is 286 Å². The van der Waals surface area contributed by atoms with Crippen LogP contribution < -0.4 is 16.2 Å². The molecule has 0 fully saturated rings. The van der Waals surface area contributed by atoms with Gasteiger partial charge in [-0.1, -0.05) is 78.9 Å². The van der Waals surface area contributed by atoms with Crippen molar-refractivity contribution in [1.82, 2.24) is 25.4 Å². The lowest BCUT2D eigenvalue weighted by atomic mass is 9.85. The second kappa shape index (κ2) is 14.2. The zero-order chi connectivity index (χ0) is 35.4. The summed E-state index contributed by atoms with van der Waals surface area (Å²) in [7, 11) is 1.68. The van der Waals surface area contributed by atoms with Crippen molar-refractivity contribution in [2.75, 3.05) is 6.54 Å². The number of aliphatic hydroxyl groups is 2. The van der Waals surface area contributed by atoms with E-state index in [1.807, 2.05) is 24.3 Å². The van der Waals surface area contributed by atoms with E-state index >= 15 is 0 Å². The molecule has 7 N–H and O–H groups in total. The van der Waals surface area contributed by atoms with Crippen LogP contribution in [0.2, 0.25) is 0 Å². The number of aliphatic carboxylic acids is 1. The highest BCUT2D eigenvalue weighted by Gasteiger charge is 2.40. The number of carboxylic acids is 1. The number of carbonyl (C=O) groups excluding carboxylic acids is 1. The molecule has 12 heteroatoms. The van der Waals surface area contributed by atoms with Crippen LogP contribution in [0, 0.1) is 0 Å². The molecule has 0 bridgehead atoms. The Balaban J connectivity index is 1.06. The van der Waals surface area contributed by atoms with Gasteiger partial charge in [-0.3, -0.25) is 14.3 Å². The lowest BCUT2D eigenvalue weighted by molar-refractivity contribution is -0.155. The van der Waals surface area contributed by atoms with Crippen molar-refractivity contribution < 1.29 is 30.0 Å². The van der Waals surface area contributed by atoms with Gasteiger partial charge in [-0.2, -0.15) is 5.10 Å². The van der Waals surface area contributed by atoms with Crippen LogP contribution in [0.3, 0.4) is 0 Å². The lowest BCUT2D eigenvalue weighted by Gasteiger charge is -2.25. The zero-order valence-corrected chi connectivity index (χ0v) is 27.0. The number of aliphatic hydroxyl groups excluding tert-OH is 1. The first kappa shape index (κ1) is 33.8. The average Bonchev–Trinajstić information content (AvgIpc) is 3.53. The zero-order valence-electron chi connectivity index (χ0n) is 27.0. The number of amides is 1. The standard InChI is InChI=1S/C38H35N5O7/c1-43-31(25-6-5-9-27(18-25)38(50,37(48)49)26-7-3-2-4-8-26)19-30(42-43)36(47)40-21-24-12-10-23(11-13-24)20-39-22-33(45)28-14-16-32(44)35-29(28)15-17-34(46)41-35/h2-19,33,39,44-45,50H,20-22H2,1H3,(H,40,47)(H,41,46)(H,48,49)/t33-,38-/m0/s1. The highest BCUT2D eigenvalue weighted by molar-refractivity contribution is 5.93. The van der Waals surface area contributed by atoms with Crippen LogP contribution in [-0.2, 0) is 30.5 Å². The predicted octanol–water partition coefficient (Wildman–Crippen LogP) is 3.71. The minimum Gasteiger partial charge on any atom is -0.506 e. The van der Waals surface area contributed by atoms with Crippen LogP contribution in [0.25, 0.3) is 22.2 Å². The van der Waals surface area contributed by atoms with Crippen LogP contribution in [0.5, 0.6) is 5.75 Å². The summed E-state index contributed by atoms with van der Waals surface area (Å²) in [6.45, 7) is 0.968. The number of aromatic nitrogens is 3. The first-order valence-corrected chi connectivity index (χ1v) is 15.8. The summed E-state index contributed by atoms with van der Waals surface area (Å²) in [4.78, 5) is 39.6. The molecule has 1 amide bonds. The van der Waals surface area contributed by atoms with Crippen molar-refractivity contribution in [3.63, 3.8) is 0 Å². The van der Waals surface area contributed by atoms with Crippen molar-refractivity contribution in [3.05, 3.63) is 153 Å². The second-order valence-corrected chi connectivity index (χ2v) is 11.9. The number of phenolic OH excluding ortho intramolecular Hbond substituents is 1. The molecule has 0 spiro atoms. The number of hydrogen-bond donors (Lipinski definition) is 7. The molecular weight excluding hydrogens is 638 g/mol. The molecule has 6 aromatic rings. The van der Waals surface area contributed by atoms with E-state index in [2.05, 4.69) is 20.7 Å². The Hall–Kier alpha value is -6.08. The predicted molar refractivity (Wildman–Crippen MR) is 186 cm³/mol. The van der Waals surface area contributed by atoms with Crippen molar-refractivity contribution in [2.24, 2.45) is 7.05 Å². The minimum absolute atomic E-state index is 0.0679. The summed E-state index contributed by atoms with van der Waals surface area (Å²) >= 11 is 0. The smallest absolute Gasteiger partial charge is 0.345 e. The molecule has 0 aliphatic carbocycles. The Morgan fingerprint density at radius 3 is 2.30 bits per heavy atom. The number of benzene rings is 4. The minimum atomic E-state index is -2.27. The van der Waals surface area contributed by atoms with Crippen molar-refractivity contribution in [1.29, 1.82) is 0 Å². The molecule has 0 saturated carbocycles. The normalized spacial score (nSPS) is 13.1. The molecule has 4 aromatic carbocycles. The lowest BCUT2D eigenvalue weighted by Crippen LogP contribution is -2.36. The number of H-pyrrole nitrogens is 1. The van der Waals surface area contributed by atoms with E-state index in [0.717, 1.165) is 11.1 Å². The van der Waals surface area contributed by atoms with E-state index in [9.17, 15) is 34.8 Å². The number of carboxylic acid groups (broad SMARTS) is 1. The van der Waals surface area contributed by atoms with E-state index in [-0.39, 0.29) is 52.6 Å². The van der Waals surface area contributed by atoms with E-state index in [0.29, 0.717) is 28.8 Å². The summed E-state index contributed by atoms with van der Waals surface area (Å²) in [5, 5.41) is 53.2. The van der Waals surface area contributed by atoms with Gasteiger partial charge in [0.1, 0.15) is 5.75 Å². The number of fused-ring (bicyclic) bond motifs is 1. The van der Waals surface area contributed by atoms with Gasteiger partial charge < -0.3 is 36.0 Å². The maximum Gasteiger partial charge on any atom is 0.345 e. The highest BCUT2D eigenvalue weighted by atomic mass is 16.4. The number of nitrogens with one attached hydrogen (secondary N) is 3. The largest absolute Gasteiger partial charge is 0.506 e. The van der Waals surface area contributed by atoms with Gasteiger partial charge in [0.05, 0.1) is 17.3 Å². The fraction of sp³-hybridized carbons (Fsp3) is 0.158. The fourth-order valence-electron chi connectivity index (χ4n) is 5.91. The Kier molecular flexibility index (Phi) is 9.59. The average molecular weight is 674 g/mol. The third-order valence-corrected chi connectivity index (χ3v) is 8.60. The van der Waals surface area contributed by atoms with E-state index in [4.69, 9.17) is 0 Å². The number of nitrogens with zero attached hydrogens (tertiary/aromatic N) is 2. The van der Waals surface area contributed by atoms with Gasteiger partial charge in [-0.25, -0.2) is 4.79 Å². The molecule has 0 saturated heterocycles. The maximum atomic E-state index is 13.1. The van der Waals surface area contributed by atoms with Crippen LogP contribution in [0.1, 0.15) is 44.4 Å². The number of hydrogen-bond acceptors (Lipinski definition) is 8. The van der Waals surface area contributed by atoms with Crippen LogP contribution in [0.15, 0.2) is 114 Å². The molecule has 0 aliphatic heterocycles. The monoisotopic (exact) mass is 673 g/mol. The number of phenols is 1. The molecule has 2 atom stereocenters. The second-order valence-electron chi connectivity index (χ2n) is 11.9. The third-order valence-electron chi connectivity index (χ3n) is 8.60. The summed E-state index contributed by atoms with van der Waals surface area (Å²) in [5.74, 6) is -1.87. The van der Waals surface area contributed by atoms with Gasteiger partial charge in [-0.15, -0.1) is 0 Å². The van der Waals surface area contributed by atoms with Crippen LogP contribution >= 0.6 is 0 Å². The first-order chi connectivity index (χ1) is 24.0. The van der Waals surface area contributed by atoms with Crippen molar-refractivity contribution in [3.8, 4) is 17.0 Å². The van der Waals surface area contributed by atoms with Crippen LogP contribution in [0.4, 0.5) is 0 Å². The van der Waals surface area contributed by atoms with Gasteiger partial charge >= 0.3 is 5.97 Å². The molecule has 12 nitrogen and oxygen atoms in total. The topological polar surface area (TPSA) is 190 Å². The third kappa shape index (κ3) is 6.89. The molecule has 2 heterocycles. The van der Waals surface area contributed by atoms with E-state index in [1.165, 1.54) is 16.8 Å². The number of rotatable bonds is 12. The molecular formula is C38H35N5O7. The maximum absolute atomic E-state index is 13.1. The van der Waals surface area contributed by atoms with Crippen molar-refractivity contribution >= 4 is 22.8 Å². The van der Waals surface area contributed by atoms with Gasteiger partial charge in [0.25, 0.3) is 5.91 Å². The number of aromatic hydroxyl groups is 1. The molecule has 6 rings (SSSR count). The van der Waals surface area contributed by atoms with E-state index in [1.54, 1.807) is 79.8 Å². The van der Waals surface area contributed by atoms with Gasteiger partial charge in [0, 0.05) is 49.3 Å². The SMILES string of the molecule is Cn1nc(C(=O)NCc2ccc(CNC[C@H](O)c3ccc(O)c4[nH]c(=O)ccc34)cc2)cc1-c1cccc([C@](O)(C(=O)O)c2ccccc2)c1. The Bertz CT molecular complexity index is 2230. The number of aromatic amines is 1. The summed E-state index contributed by atoms with van der Waals surface area (Å²) < 4.78 is 1.53. The summed E-state index contributed by atoms with van der Waals surface area (Å²) in [5.41, 5.74) is 1.78. The van der Waals surface area contributed by atoms with Crippen LogP contribution in [-0.4, -0.2) is 53.6 Å². The summed E-state index contributed by atoms with van der Waals surface area (Å²) in [6, 6.07) is 29.9. The highest BCUT2D eigenvalue weighted by Crippen LogP contribution is 2.33. The first-order valence-electron chi connectivity index (χ1n) is 15.8. The Morgan fingerprint density at radius 1 is 0.880 bits per heavy atom. The molecule has 0 radical (unpaired) electrons. The Morgan fingerprint density at radius 2 is 1.58 bits per heavy atom. The number of carbonyl (C=O) groups is 2. The van der Waals surface area contributed by atoms with Gasteiger partial charge in [0.2, 0.25) is 11.2 Å². The fourth-order valence-corrected chi connectivity index (χ4v) is 5.91. The number of pyridine rings is 1. The van der Waals surface area contributed by atoms with Gasteiger partial charge in [-0.05, 0) is 46.5 Å². The molecule has 0 unspecified atom stereocenters. The summed E-state index contributed by atoms with van der Waals surface area (Å²) in [6.07, 6.45) is -0.878. The molecule has 0 aliphatic rings. The molecule has 2 aromatic heterocycles. The quantitative estimate of drug-likeness (QED) is 0.102. The molecule has 50 heavy (non-hydrogen) atoms. The van der Waals surface area contributed by atoms with Gasteiger partial charge in [0.15, 0.2) is 5.69 Å². The molecule has 254 valence electrons. The van der Waals surface area contributed by atoms with E-state index < -0.39 is 17.7 Å². The number of aryl methyl sites for hydroxylation is 1. The van der Waals surface area contributed by atoms with Crippen molar-refractivity contribution in [2.45, 2.75) is 24.8 Å².